The molecule has 0 radical (unpaired) electrons. The average Bonchev–Trinajstić information content (AvgIpc) is 3.01. The summed E-state index contributed by atoms with van der Waals surface area (Å²) >= 11 is 0. The van der Waals surface area contributed by atoms with E-state index in [-0.39, 0.29) is 6.71 Å². The molecular weight excluding hydrogens is 513 g/mol. The molecule has 0 saturated heterocycles. The van der Waals surface area contributed by atoms with Gasteiger partial charge < -0.3 is 4.74 Å². The maximum atomic E-state index is 6.51. The fourth-order valence-corrected chi connectivity index (χ4v) is 6.34. The molecule has 0 N–H and O–H groups in total. The molecule has 1 aliphatic rings. The van der Waals surface area contributed by atoms with E-state index >= 15 is 0 Å². The van der Waals surface area contributed by atoms with Gasteiger partial charge in [-0.05, 0) is 80.2 Å². The quantitative estimate of drug-likeness (QED) is 0.216. The van der Waals surface area contributed by atoms with Gasteiger partial charge in [-0.15, -0.1) is 0 Å². The second-order valence-electron chi connectivity index (χ2n) is 10.9. The van der Waals surface area contributed by atoms with Gasteiger partial charge in [0.1, 0.15) is 17.3 Å². The molecule has 4 aromatic carbocycles. The molecule has 0 atom stereocenters. The minimum Gasteiger partial charge on any atom is -0.457 e. The van der Waals surface area contributed by atoms with Crippen molar-refractivity contribution in [2.45, 2.75) is 20.8 Å². The van der Waals surface area contributed by atoms with E-state index in [0.29, 0.717) is 0 Å². The Balaban J connectivity index is 1.39. The van der Waals surface area contributed by atoms with Gasteiger partial charge in [0.25, 0.3) is 0 Å². The van der Waals surface area contributed by atoms with Gasteiger partial charge in [0, 0.05) is 35.4 Å². The molecule has 7 rings (SSSR count). The van der Waals surface area contributed by atoms with Gasteiger partial charge >= 0.3 is 0 Å². The normalized spacial score (nSPS) is 12.1. The van der Waals surface area contributed by atoms with Crippen LogP contribution in [0, 0.1) is 20.8 Å². The summed E-state index contributed by atoms with van der Waals surface area (Å²) < 4.78 is 6.51. The number of hydrogen-bond donors (Lipinski definition) is 0. The molecule has 0 unspecified atom stereocenters. The summed E-state index contributed by atoms with van der Waals surface area (Å²) in [6.45, 7) is 6.71. The highest BCUT2D eigenvalue weighted by Gasteiger charge is 2.37. The highest BCUT2D eigenvalue weighted by atomic mass is 16.5. The second-order valence-corrected chi connectivity index (χ2v) is 10.9. The third-order valence-corrected chi connectivity index (χ3v) is 7.98. The minimum atomic E-state index is 0.0818. The number of nitrogens with zero attached hydrogens (tertiary/aromatic N) is 3. The van der Waals surface area contributed by atoms with E-state index in [1.54, 1.807) is 0 Å². The number of pyridine rings is 2. The molecule has 3 heterocycles. The molecule has 5 heteroatoms. The Morgan fingerprint density at radius 2 is 1.31 bits per heavy atom. The van der Waals surface area contributed by atoms with Gasteiger partial charge in [-0.3, -0.25) is 9.88 Å². The molecule has 42 heavy (non-hydrogen) atoms. The fraction of sp³-hybridized carbons (Fsp3) is 0.0811. The van der Waals surface area contributed by atoms with Gasteiger partial charge in [-0.2, -0.15) is 0 Å². The van der Waals surface area contributed by atoms with Crippen LogP contribution < -0.4 is 26.0 Å². The van der Waals surface area contributed by atoms with Gasteiger partial charge in [0.2, 0.25) is 6.71 Å². The Morgan fingerprint density at radius 3 is 2.07 bits per heavy atom. The first-order chi connectivity index (χ1) is 20.6. The number of aromatic nitrogens is 2. The lowest BCUT2D eigenvalue weighted by molar-refractivity contribution is 0.483. The maximum absolute atomic E-state index is 6.51. The van der Waals surface area contributed by atoms with Gasteiger partial charge in [-0.25, -0.2) is 4.98 Å². The summed E-state index contributed by atoms with van der Waals surface area (Å²) in [4.78, 5) is 11.5. The molecule has 202 valence electrons. The monoisotopic (exact) mass is 543 g/mol. The first-order valence-corrected chi connectivity index (χ1v) is 14.3. The van der Waals surface area contributed by atoms with Crippen LogP contribution in [0.15, 0.2) is 128 Å². The topological polar surface area (TPSA) is 38.2 Å². The van der Waals surface area contributed by atoms with Crippen molar-refractivity contribution in [2.24, 2.45) is 0 Å². The Hall–Kier alpha value is -5.16. The molecule has 0 fully saturated rings. The number of rotatable bonds is 5. The summed E-state index contributed by atoms with van der Waals surface area (Å²) in [6.07, 6.45) is 3.66. The van der Waals surface area contributed by atoms with Crippen molar-refractivity contribution >= 4 is 40.3 Å². The van der Waals surface area contributed by atoms with Crippen molar-refractivity contribution in [2.75, 3.05) is 4.90 Å². The van der Waals surface area contributed by atoms with Crippen LogP contribution in [0.1, 0.15) is 16.7 Å². The predicted octanol–water partition coefficient (Wildman–Crippen LogP) is 7.16. The highest BCUT2D eigenvalue weighted by molar-refractivity contribution is 6.98. The van der Waals surface area contributed by atoms with E-state index in [2.05, 4.69) is 97.4 Å². The standard InChI is InChI=1S/C37H30BN3O/c1-25-21-26(2)37(27(3)22-25)38-31-13-4-5-15-34(31)41(36-16-7-9-20-40-36)35-24-30(17-18-32(35)38)42-29-12-10-11-28(23-29)33-14-6-8-19-39-33/h4-24H,1-3H3. The van der Waals surface area contributed by atoms with Crippen molar-refractivity contribution in [3.63, 3.8) is 0 Å². The lowest BCUT2D eigenvalue weighted by Crippen LogP contribution is -2.58. The van der Waals surface area contributed by atoms with Crippen LogP contribution in [0.5, 0.6) is 11.5 Å². The van der Waals surface area contributed by atoms with Crippen LogP contribution in [-0.4, -0.2) is 16.7 Å². The molecule has 4 nitrogen and oxygen atoms in total. The zero-order valence-corrected chi connectivity index (χ0v) is 24.0. The van der Waals surface area contributed by atoms with Crippen molar-refractivity contribution in [3.8, 4) is 22.8 Å². The summed E-state index contributed by atoms with van der Waals surface area (Å²) in [5.41, 5.74) is 11.9. The summed E-state index contributed by atoms with van der Waals surface area (Å²) in [5, 5.41) is 0. The first kappa shape index (κ1) is 25.8. The van der Waals surface area contributed by atoms with E-state index < -0.39 is 0 Å². The van der Waals surface area contributed by atoms with Gasteiger partial charge in [0.15, 0.2) is 0 Å². The minimum absolute atomic E-state index is 0.0818. The van der Waals surface area contributed by atoms with Gasteiger partial charge in [-0.1, -0.05) is 82.8 Å². The Morgan fingerprint density at radius 1 is 0.595 bits per heavy atom. The third kappa shape index (κ3) is 4.63. The van der Waals surface area contributed by atoms with E-state index in [4.69, 9.17) is 9.72 Å². The van der Waals surface area contributed by atoms with E-state index in [1.165, 1.54) is 33.1 Å². The number of benzene rings is 4. The molecule has 0 saturated carbocycles. The number of fused-ring (bicyclic) bond motifs is 2. The van der Waals surface area contributed by atoms with Crippen molar-refractivity contribution in [1.29, 1.82) is 0 Å². The van der Waals surface area contributed by atoms with Crippen molar-refractivity contribution in [3.05, 3.63) is 144 Å². The van der Waals surface area contributed by atoms with Crippen LogP contribution in [0.4, 0.5) is 17.2 Å². The zero-order chi connectivity index (χ0) is 28.6. The lowest BCUT2D eigenvalue weighted by atomic mass is 9.34. The lowest BCUT2D eigenvalue weighted by Gasteiger charge is -2.37. The summed E-state index contributed by atoms with van der Waals surface area (Å²) in [5.74, 6) is 2.40. The molecule has 0 amide bonds. The van der Waals surface area contributed by atoms with Gasteiger partial charge in [0.05, 0.1) is 5.69 Å². The number of aryl methyl sites for hydroxylation is 3. The Labute approximate surface area is 247 Å². The van der Waals surface area contributed by atoms with E-state index in [1.807, 2.05) is 60.9 Å². The molecule has 0 aliphatic carbocycles. The largest absolute Gasteiger partial charge is 0.457 e. The maximum Gasteiger partial charge on any atom is 0.247 e. The van der Waals surface area contributed by atoms with E-state index in [0.717, 1.165) is 39.9 Å². The van der Waals surface area contributed by atoms with Crippen LogP contribution >= 0.6 is 0 Å². The van der Waals surface area contributed by atoms with Crippen LogP contribution in [0.3, 0.4) is 0 Å². The molecular formula is C37H30BN3O. The van der Waals surface area contributed by atoms with Crippen LogP contribution in [-0.2, 0) is 0 Å². The highest BCUT2D eigenvalue weighted by Crippen LogP contribution is 2.37. The average molecular weight is 543 g/mol. The Bertz CT molecular complexity index is 1880. The number of hydrogen-bond acceptors (Lipinski definition) is 4. The third-order valence-electron chi connectivity index (χ3n) is 7.98. The smallest absolute Gasteiger partial charge is 0.247 e. The van der Waals surface area contributed by atoms with Crippen molar-refractivity contribution in [1.82, 2.24) is 9.97 Å². The van der Waals surface area contributed by atoms with Crippen molar-refractivity contribution < 1.29 is 4.74 Å². The zero-order valence-electron chi connectivity index (χ0n) is 24.0. The molecule has 1 aliphatic heterocycles. The molecule has 0 spiro atoms. The van der Waals surface area contributed by atoms with Crippen LogP contribution in [0.2, 0.25) is 0 Å². The Kier molecular flexibility index (Phi) is 6.56. The number of para-hydroxylation sites is 1. The SMILES string of the molecule is Cc1cc(C)c(B2c3ccccc3N(c3ccccn3)c3cc(Oc4cccc(-c5ccccn5)c4)ccc32)c(C)c1. The fourth-order valence-electron chi connectivity index (χ4n) is 6.34. The molecule has 6 aromatic rings. The summed E-state index contributed by atoms with van der Waals surface area (Å²) in [7, 11) is 0. The second kappa shape index (κ2) is 10.7. The number of ether oxygens (including phenoxy) is 1. The first-order valence-electron chi connectivity index (χ1n) is 14.3. The predicted molar refractivity (Wildman–Crippen MR) is 174 cm³/mol. The van der Waals surface area contributed by atoms with E-state index in [9.17, 15) is 0 Å². The summed E-state index contributed by atoms with van der Waals surface area (Å²) in [6, 6.07) is 39.8. The molecule has 0 bridgehead atoms. The van der Waals surface area contributed by atoms with Crippen LogP contribution in [0.25, 0.3) is 11.3 Å². The molecule has 2 aromatic heterocycles. The number of anilines is 3.